The number of ether oxygens (including phenoxy) is 1. The van der Waals surface area contributed by atoms with Crippen molar-refractivity contribution in [3.63, 3.8) is 0 Å². The molecule has 3 rings (SSSR count). The second-order valence-corrected chi connectivity index (χ2v) is 5.79. The van der Waals surface area contributed by atoms with Crippen LogP contribution in [0.15, 0.2) is 60.7 Å². The van der Waals surface area contributed by atoms with E-state index in [1.807, 2.05) is 54.6 Å². The standard InChI is InChI=1S/C20H20N2O3/c23-19-14-22(13-12-21-19)20(24)11-8-16-6-9-18(10-7-16)25-15-17-4-2-1-3-5-17/h1-11H,12-15H2,(H,21,23)/b11-8+. The lowest BCUT2D eigenvalue weighted by Gasteiger charge is -2.25. The van der Waals surface area contributed by atoms with Gasteiger partial charge in [-0.15, -0.1) is 0 Å². The fourth-order valence-electron chi connectivity index (χ4n) is 2.52. The zero-order valence-electron chi connectivity index (χ0n) is 13.9. The van der Waals surface area contributed by atoms with Crippen LogP contribution in [0.4, 0.5) is 0 Å². The van der Waals surface area contributed by atoms with Crippen molar-refractivity contribution in [2.24, 2.45) is 0 Å². The van der Waals surface area contributed by atoms with Gasteiger partial charge in [0.05, 0.1) is 6.54 Å². The molecule has 1 aliphatic rings. The molecule has 0 aliphatic carbocycles. The van der Waals surface area contributed by atoms with E-state index < -0.39 is 0 Å². The molecular formula is C20H20N2O3. The molecule has 2 aromatic rings. The Labute approximate surface area is 146 Å². The first kappa shape index (κ1) is 16.8. The molecule has 5 nitrogen and oxygen atoms in total. The Bertz CT molecular complexity index is 754. The van der Waals surface area contributed by atoms with E-state index >= 15 is 0 Å². The molecule has 5 heteroatoms. The molecule has 0 saturated carbocycles. The fourth-order valence-corrected chi connectivity index (χ4v) is 2.52. The molecule has 0 spiro atoms. The first-order chi connectivity index (χ1) is 12.2. The molecule has 2 aromatic carbocycles. The third-order valence-corrected chi connectivity index (χ3v) is 3.90. The number of piperazine rings is 1. The Hall–Kier alpha value is -3.08. The van der Waals surface area contributed by atoms with Crippen LogP contribution < -0.4 is 10.1 Å². The summed E-state index contributed by atoms with van der Waals surface area (Å²) in [5, 5.41) is 2.70. The van der Waals surface area contributed by atoms with Gasteiger partial charge in [0.15, 0.2) is 0 Å². The number of hydrogen-bond acceptors (Lipinski definition) is 3. The number of nitrogens with one attached hydrogen (secondary N) is 1. The zero-order valence-corrected chi connectivity index (χ0v) is 13.9. The van der Waals surface area contributed by atoms with Crippen LogP contribution in [-0.2, 0) is 16.2 Å². The van der Waals surface area contributed by atoms with Gasteiger partial charge in [0.25, 0.3) is 0 Å². The van der Waals surface area contributed by atoms with Crippen LogP contribution in [0.3, 0.4) is 0 Å². The molecule has 1 heterocycles. The van der Waals surface area contributed by atoms with Crippen LogP contribution in [0.5, 0.6) is 5.75 Å². The summed E-state index contributed by atoms with van der Waals surface area (Å²) in [6.45, 7) is 1.69. The Morgan fingerprint density at radius 1 is 1.12 bits per heavy atom. The number of rotatable bonds is 5. The van der Waals surface area contributed by atoms with Gasteiger partial charge in [-0.2, -0.15) is 0 Å². The third kappa shape index (κ3) is 4.94. The Morgan fingerprint density at radius 3 is 2.60 bits per heavy atom. The minimum atomic E-state index is -0.153. The topological polar surface area (TPSA) is 58.6 Å². The average molecular weight is 336 g/mol. The molecule has 0 bridgehead atoms. The van der Waals surface area contributed by atoms with Gasteiger partial charge >= 0.3 is 0 Å². The van der Waals surface area contributed by atoms with Gasteiger partial charge < -0.3 is 15.0 Å². The number of amides is 2. The van der Waals surface area contributed by atoms with Crippen LogP contribution in [0.2, 0.25) is 0 Å². The Morgan fingerprint density at radius 2 is 1.88 bits per heavy atom. The highest BCUT2D eigenvalue weighted by Gasteiger charge is 2.18. The Balaban J connectivity index is 1.53. The molecule has 0 aromatic heterocycles. The van der Waals surface area contributed by atoms with E-state index in [9.17, 15) is 9.59 Å². The van der Waals surface area contributed by atoms with Gasteiger partial charge in [-0.3, -0.25) is 9.59 Å². The summed E-state index contributed by atoms with van der Waals surface area (Å²) >= 11 is 0. The summed E-state index contributed by atoms with van der Waals surface area (Å²) in [5.41, 5.74) is 2.02. The monoisotopic (exact) mass is 336 g/mol. The number of nitrogens with zero attached hydrogens (tertiary/aromatic N) is 1. The van der Waals surface area contributed by atoms with Gasteiger partial charge in [-0.1, -0.05) is 42.5 Å². The highest BCUT2D eigenvalue weighted by Crippen LogP contribution is 2.15. The van der Waals surface area contributed by atoms with Gasteiger partial charge in [-0.25, -0.2) is 0 Å². The van der Waals surface area contributed by atoms with E-state index in [-0.39, 0.29) is 18.4 Å². The third-order valence-electron chi connectivity index (χ3n) is 3.90. The van der Waals surface area contributed by atoms with Crippen LogP contribution in [0.1, 0.15) is 11.1 Å². The smallest absolute Gasteiger partial charge is 0.247 e. The predicted molar refractivity (Wildman–Crippen MR) is 95.8 cm³/mol. The lowest BCUT2D eigenvalue weighted by atomic mass is 10.2. The molecule has 1 saturated heterocycles. The first-order valence-electron chi connectivity index (χ1n) is 8.21. The molecule has 1 fully saturated rings. The van der Waals surface area contributed by atoms with Crippen molar-refractivity contribution in [1.82, 2.24) is 10.2 Å². The SMILES string of the molecule is O=C1CN(C(=O)/C=C/c2ccc(OCc3ccccc3)cc2)CCN1. The lowest BCUT2D eigenvalue weighted by Crippen LogP contribution is -2.49. The number of carbonyl (C=O) groups is 2. The van der Waals surface area contributed by atoms with E-state index in [1.165, 1.54) is 11.0 Å². The molecule has 0 radical (unpaired) electrons. The molecule has 0 unspecified atom stereocenters. The van der Waals surface area contributed by atoms with Crippen LogP contribution >= 0.6 is 0 Å². The van der Waals surface area contributed by atoms with Crippen LogP contribution in [-0.4, -0.2) is 36.3 Å². The van der Waals surface area contributed by atoms with Crippen molar-refractivity contribution in [2.75, 3.05) is 19.6 Å². The van der Waals surface area contributed by atoms with Crippen molar-refractivity contribution in [3.05, 3.63) is 71.8 Å². The number of benzene rings is 2. The molecule has 128 valence electrons. The van der Waals surface area contributed by atoms with Crippen molar-refractivity contribution in [2.45, 2.75) is 6.61 Å². The van der Waals surface area contributed by atoms with Gasteiger partial charge in [-0.05, 0) is 29.3 Å². The predicted octanol–water partition coefficient (Wildman–Crippen LogP) is 2.24. The summed E-state index contributed by atoms with van der Waals surface area (Å²) in [4.78, 5) is 24.9. The van der Waals surface area contributed by atoms with Gasteiger partial charge in [0.2, 0.25) is 11.8 Å². The quantitative estimate of drug-likeness (QED) is 0.852. The summed E-state index contributed by atoms with van der Waals surface area (Å²) in [6.07, 6.45) is 3.24. The summed E-state index contributed by atoms with van der Waals surface area (Å²) in [6, 6.07) is 17.5. The highest BCUT2D eigenvalue weighted by atomic mass is 16.5. The fraction of sp³-hybridized carbons (Fsp3) is 0.200. The largest absolute Gasteiger partial charge is 0.489 e. The summed E-state index contributed by atoms with van der Waals surface area (Å²) < 4.78 is 5.74. The average Bonchev–Trinajstić information content (AvgIpc) is 2.66. The van der Waals surface area contributed by atoms with Crippen molar-refractivity contribution < 1.29 is 14.3 Å². The molecule has 0 atom stereocenters. The summed E-state index contributed by atoms with van der Waals surface area (Å²) in [7, 11) is 0. The van der Waals surface area contributed by atoms with E-state index in [0.717, 1.165) is 16.9 Å². The van der Waals surface area contributed by atoms with Crippen molar-refractivity contribution in [3.8, 4) is 5.75 Å². The first-order valence-corrected chi connectivity index (χ1v) is 8.21. The van der Waals surface area contributed by atoms with E-state index in [1.54, 1.807) is 6.08 Å². The van der Waals surface area contributed by atoms with Crippen molar-refractivity contribution >= 4 is 17.9 Å². The van der Waals surface area contributed by atoms with E-state index in [2.05, 4.69) is 5.32 Å². The second-order valence-electron chi connectivity index (χ2n) is 5.79. The second kappa shape index (κ2) is 8.15. The Kier molecular flexibility index (Phi) is 5.46. The number of hydrogen-bond donors (Lipinski definition) is 1. The molecular weight excluding hydrogens is 316 g/mol. The summed E-state index contributed by atoms with van der Waals surface area (Å²) in [5.74, 6) is 0.507. The van der Waals surface area contributed by atoms with Crippen molar-refractivity contribution in [1.29, 1.82) is 0 Å². The molecule has 1 N–H and O–H groups in total. The lowest BCUT2D eigenvalue weighted by molar-refractivity contribution is -0.134. The molecule has 25 heavy (non-hydrogen) atoms. The maximum atomic E-state index is 12.1. The number of carbonyl (C=O) groups excluding carboxylic acids is 2. The highest BCUT2D eigenvalue weighted by molar-refractivity contribution is 5.94. The van der Waals surface area contributed by atoms with Crippen LogP contribution in [0, 0.1) is 0 Å². The molecule has 1 aliphatic heterocycles. The zero-order chi connectivity index (χ0) is 17.5. The maximum absolute atomic E-state index is 12.1. The van der Waals surface area contributed by atoms with E-state index in [4.69, 9.17) is 4.74 Å². The molecule has 2 amide bonds. The van der Waals surface area contributed by atoms with Gasteiger partial charge in [0, 0.05) is 19.2 Å². The van der Waals surface area contributed by atoms with Crippen LogP contribution in [0.25, 0.3) is 6.08 Å². The van der Waals surface area contributed by atoms with E-state index in [0.29, 0.717) is 19.7 Å². The maximum Gasteiger partial charge on any atom is 0.247 e. The minimum Gasteiger partial charge on any atom is -0.489 e. The normalized spacial score (nSPS) is 14.4. The van der Waals surface area contributed by atoms with Gasteiger partial charge in [0.1, 0.15) is 12.4 Å². The minimum absolute atomic E-state index is 0.118.